The normalized spacial score (nSPS) is 21.6. The number of hydrogen-bond acceptors (Lipinski definition) is 9. The summed E-state index contributed by atoms with van der Waals surface area (Å²) >= 11 is 0. The van der Waals surface area contributed by atoms with Crippen LogP contribution in [0.4, 0.5) is 5.82 Å². The number of aromatic nitrogens is 2. The molecule has 9 heteroatoms. The summed E-state index contributed by atoms with van der Waals surface area (Å²) in [5.74, 6) is 0.893. The first-order valence-electron chi connectivity index (χ1n) is 10.5. The fourth-order valence-corrected chi connectivity index (χ4v) is 4.20. The number of piperazine rings is 1. The first-order valence-corrected chi connectivity index (χ1v) is 10.5. The van der Waals surface area contributed by atoms with Crippen LogP contribution < -0.4 is 15.0 Å². The monoisotopic (exact) mass is 415 g/mol. The van der Waals surface area contributed by atoms with Gasteiger partial charge in [0.2, 0.25) is 0 Å². The van der Waals surface area contributed by atoms with E-state index in [1.165, 1.54) is 6.08 Å². The highest BCUT2D eigenvalue weighted by atomic mass is 16.5. The molecule has 9 nitrogen and oxygen atoms in total. The van der Waals surface area contributed by atoms with Gasteiger partial charge in [-0.05, 0) is 40.1 Å². The summed E-state index contributed by atoms with van der Waals surface area (Å²) in [5.41, 5.74) is 2.12. The summed E-state index contributed by atoms with van der Waals surface area (Å²) in [4.78, 5) is 15.7. The Bertz CT molecular complexity index is 779. The molecule has 1 aromatic rings. The second-order valence-corrected chi connectivity index (χ2v) is 8.22. The third-order valence-electron chi connectivity index (χ3n) is 5.53. The summed E-state index contributed by atoms with van der Waals surface area (Å²) in [6.45, 7) is 10.0. The van der Waals surface area contributed by atoms with Crippen molar-refractivity contribution in [2.45, 2.75) is 44.7 Å². The molecule has 0 radical (unpaired) electrons. The van der Waals surface area contributed by atoms with E-state index in [4.69, 9.17) is 9.72 Å². The lowest BCUT2D eigenvalue weighted by molar-refractivity contribution is 0.00429. The van der Waals surface area contributed by atoms with E-state index < -0.39 is 6.23 Å². The Labute approximate surface area is 179 Å². The summed E-state index contributed by atoms with van der Waals surface area (Å²) in [7, 11) is 4.02. The van der Waals surface area contributed by atoms with Gasteiger partial charge >= 0.3 is 6.01 Å². The van der Waals surface area contributed by atoms with E-state index in [1.807, 2.05) is 25.9 Å². The zero-order valence-electron chi connectivity index (χ0n) is 18.2. The van der Waals surface area contributed by atoms with Crippen LogP contribution in [-0.4, -0.2) is 90.1 Å². The van der Waals surface area contributed by atoms with E-state index in [1.54, 1.807) is 0 Å². The van der Waals surface area contributed by atoms with Crippen molar-refractivity contribution in [1.82, 2.24) is 25.1 Å². The number of nitriles is 1. The van der Waals surface area contributed by atoms with Gasteiger partial charge in [0.25, 0.3) is 0 Å². The number of fused-ring (bicyclic) bond motifs is 1. The van der Waals surface area contributed by atoms with Gasteiger partial charge in [0.1, 0.15) is 18.1 Å². The average molecular weight is 416 g/mol. The zero-order valence-corrected chi connectivity index (χ0v) is 18.2. The standard InChI is InChI=1S/C21H33N7O2/c1-5-19(29)28-11-10-27(14-16(28)6-8-22)20-17-7-9-23-12-18(17)24-21(25-20)30-15(2)13-26(3)4/h5,15-16,19,23,29H,1,6-7,9-14H2,2-4H3/t15-,16?,19?/m1/s1. The van der Waals surface area contributed by atoms with Crippen molar-refractivity contribution in [2.75, 3.05) is 51.7 Å². The van der Waals surface area contributed by atoms with E-state index in [0.29, 0.717) is 38.6 Å². The molecular formula is C21H33N7O2. The summed E-state index contributed by atoms with van der Waals surface area (Å²) in [6.07, 6.45) is 1.92. The van der Waals surface area contributed by atoms with Crippen LogP contribution in [0.2, 0.25) is 0 Å². The molecule has 1 saturated heterocycles. The van der Waals surface area contributed by atoms with Crippen LogP contribution in [0.5, 0.6) is 6.01 Å². The number of rotatable bonds is 8. The quantitative estimate of drug-likeness (QED) is 0.583. The first-order chi connectivity index (χ1) is 14.4. The maximum absolute atomic E-state index is 10.3. The number of aliphatic hydroxyl groups is 1. The van der Waals surface area contributed by atoms with Crippen molar-refractivity contribution < 1.29 is 9.84 Å². The molecule has 0 spiro atoms. The van der Waals surface area contributed by atoms with Crippen LogP contribution in [-0.2, 0) is 13.0 Å². The van der Waals surface area contributed by atoms with Gasteiger partial charge in [0, 0.05) is 44.3 Å². The Kier molecular flexibility index (Phi) is 7.61. The van der Waals surface area contributed by atoms with Crippen molar-refractivity contribution in [3.05, 3.63) is 23.9 Å². The number of ether oxygens (including phenoxy) is 1. The number of aliphatic hydroxyl groups excluding tert-OH is 1. The topological polar surface area (TPSA) is 101 Å². The Morgan fingerprint density at radius 2 is 2.23 bits per heavy atom. The Hall–Kier alpha value is -2.25. The molecule has 2 aliphatic heterocycles. The van der Waals surface area contributed by atoms with Crippen LogP contribution in [0.1, 0.15) is 24.6 Å². The predicted octanol–water partition coefficient (Wildman–Crippen LogP) is 0.360. The Morgan fingerprint density at radius 3 is 2.93 bits per heavy atom. The van der Waals surface area contributed by atoms with Gasteiger partial charge in [0.05, 0.1) is 18.2 Å². The number of likely N-dealkylation sites (N-methyl/N-ethyl adjacent to an activating group) is 1. The van der Waals surface area contributed by atoms with Gasteiger partial charge in [-0.15, -0.1) is 0 Å². The Balaban J connectivity index is 1.87. The van der Waals surface area contributed by atoms with Gasteiger partial charge in [-0.1, -0.05) is 6.58 Å². The van der Waals surface area contributed by atoms with Crippen molar-refractivity contribution in [2.24, 2.45) is 0 Å². The van der Waals surface area contributed by atoms with Gasteiger partial charge in [-0.25, -0.2) is 0 Å². The molecule has 164 valence electrons. The maximum atomic E-state index is 10.3. The van der Waals surface area contributed by atoms with Crippen LogP contribution in [0, 0.1) is 11.3 Å². The third-order valence-corrected chi connectivity index (χ3v) is 5.53. The summed E-state index contributed by atoms with van der Waals surface area (Å²) in [6, 6.07) is 2.55. The lowest BCUT2D eigenvalue weighted by Crippen LogP contribution is -2.56. The summed E-state index contributed by atoms with van der Waals surface area (Å²) in [5, 5.41) is 22.9. The molecule has 1 fully saturated rings. The number of nitrogens with zero attached hydrogens (tertiary/aromatic N) is 6. The van der Waals surface area contributed by atoms with Crippen molar-refractivity contribution in [3.63, 3.8) is 0 Å². The minimum Gasteiger partial charge on any atom is -0.459 e. The molecular weight excluding hydrogens is 382 g/mol. The fourth-order valence-electron chi connectivity index (χ4n) is 4.20. The fraction of sp³-hybridized carbons (Fsp3) is 0.667. The van der Waals surface area contributed by atoms with Gasteiger partial charge in [-0.2, -0.15) is 15.2 Å². The van der Waals surface area contributed by atoms with E-state index in [9.17, 15) is 10.4 Å². The van der Waals surface area contributed by atoms with Crippen LogP contribution >= 0.6 is 0 Å². The molecule has 2 unspecified atom stereocenters. The minimum absolute atomic E-state index is 0.0339. The maximum Gasteiger partial charge on any atom is 0.318 e. The molecule has 30 heavy (non-hydrogen) atoms. The molecule has 2 aliphatic rings. The number of hydrogen-bond donors (Lipinski definition) is 2. The molecule has 0 saturated carbocycles. The highest BCUT2D eigenvalue weighted by Gasteiger charge is 2.33. The zero-order chi connectivity index (χ0) is 21.7. The molecule has 0 bridgehead atoms. The van der Waals surface area contributed by atoms with E-state index >= 15 is 0 Å². The molecule has 0 aliphatic carbocycles. The number of nitrogens with one attached hydrogen (secondary N) is 1. The molecule has 3 heterocycles. The van der Waals surface area contributed by atoms with Gasteiger partial charge in [0.15, 0.2) is 0 Å². The summed E-state index contributed by atoms with van der Waals surface area (Å²) < 4.78 is 6.04. The highest BCUT2D eigenvalue weighted by Crippen LogP contribution is 2.29. The van der Waals surface area contributed by atoms with Crippen molar-refractivity contribution in [1.29, 1.82) is 5.26 Å². The lowest BCUT2D eigenvalue weighted by atomic mass is 10.0. The van der Waals surface area contributed by atoms with E-state index in [0.717, 1.165) is 36.6 Å². The molecule has 0 amide bonds. The SMILES string of the molecule is C=CC(O)N1CCN(c2nc(O[C@H](C)CN(C)C)nc3c2CCNC3)CC1CC#N. The second-order valence-electron chi connectivity index (χ2n) is 8.22. The van der Waals surface area contributed by atoms with Gasteiger partial charge < -0.3 is 25.0 Å². The molecule has 2 N–H and O–H groups in total. The molecule has 3 atom stereocenters. The predicted molar refractivity (Wildman–Crippen MR) is 115 cm³/mol. The molecule has 3 rings (SSSR count). The van der Waals surface area contributed by atoms with Crippen LogP contribution in [0.15, 0.2) is 12.7 Å². The lowest BCUT2D eigenvalue weighted by Gasteiger charge is -2.43. The van der Waals surface area contributed by atoms with Crippen molar-refractivity contribution in [3.8, 4) is 12.1 Å². The second kappa shape index (κ2) is 10.2. The molecule has 1 aromatic heterocycles. The smallest absolute Gasteiger partial charge is 0.318 e. The average Bonchev–Trinajstić information content (AvgIpc) is 2.72. The largest absolute Gasteiger partial charge is 0.459 e. The van der Waals surface area contributed by atoms with Gasteiger partial charge in [-0.3, -0.25) is 4.90 Å². The van der Waals surface area contributed by atoms with E-state index in [-0.39, 0.29) is 12.1 Å². The molecule has 0 aromatic carbocycles. The van der Waals surface area contributed by atoms with Crippen molar-refractivity contribution >= 4 is 5.82 Å². The van der Waals surface area contributed by atoms with Crippen LogP contribution in [0.25, 0.3) is 0 Å². The van der Waals surface area contributed by atoms with E-state index in [2.05, 4.69) is 32.7 Å². The number of anilines is 1. The Morgan fingerprint density at radius 1 is 1.43 bits per heavy atom. The minimum atomic E-state index is -0.750. The highest BCUT2D eigenvalue weighted by molar-refractivity contribution is 5.52. The first kappa shape index (κ1) is 22.4. The third kappa shape index (κ3) is 5.26. The van der Waals surface area contributed by atoms with Crippen LogP contribution in [0.3, 0.4) is 0 Å².